The van der Waals surface area contributed by atoms with Gasteiger partial charge in [0.25, 0.3) is 0 Å². The van der Waals surface area contributed by atoms with Gasteiger partial charge in [0.2, 0.25) is 5.41 Å². The van der Waals surface area contributed by atoms with Crippen LogP contribution in [0.5, 0.6) is 0 Å². The zero-order valence-corrected chi connectivity index (χ0v) is 18.2. The molecule has 3 rings (SSSR count). The van der Waals surface area contributed by atoms with Crippen molar-refractivity contribution >= 4 is 11.6 Å². The van der Waals surface area contributed by atoms with E-state index in [2.05, 4.69) is 30.9 Å². The highest BCUT2D eigenvalue weighted by Crippen LogP contribution is 2.53. The van der Waals surface area contributed by atoms with Gasteiger partial charge in [-0.3, -0.25) is 4.90 Å². The molecule has 156 valence electrons. The highest BCUT2D eigenvalue weighted by atomic mass is 35.5. The Hall–Kier alpha value is -2.82. The minimum Gasteiger partial charge on any atom is -0.401 e. The van der Waals surface area contributed by atoms with Crippen LogP contribution in [-0.4, -0.2) is 35.7 Å². The summed E-state index contributed by atoms with van der Waals surface area (Å²) in [5.74, 6) is -0.548. The van der Waals surface area contributed by atoms with Gasteiger partial charge in [-0.25, -0.2) is 0 Å². The lowest BCUT2D eigenvalue weighted by molar-refractivity contribution is 0.185. The van der Waals surface area contributed by atoms with Crippen molar-refractivity contribution in [3.05, 3.63) is 57.8 Å². The van der Waals surface area contributed by atoms with Crippen LogP contribution in [0.2, 0.25) is 5.02 Å². The molecular weight excluding hydrogens is 398 g/mol. The largest absolute Gasteiger partial charge is 0.401 e. The Morgan fingerprint density at radius 2 is 1.87 bits per heavy atom. The topological polar surface area (TPSA) is 121 Å². The average molecular weight is 424 g/mol. The molecular formula is C23H26ClN5O. The number of aliphatic hydroxyl groups excluding tert-OH is 1. The molecule has 0 radical (unpaired) electrons. The molecule has 30 heavy (non-hydrogen) atoms. The molecule has 1 aliphatic heterocycles. The summed E-state index contributed by atoms with van der Waals surface area (Å²) in [6, 6.07) is 13.9. The van der Waals surface area contributed by atoms with E-state index >= 15 is 0 Å². The fraction of sp³-hybridized carbons (Fsp3) is 0.435. The third-order valence-corrected chi connectivity index (χ3v) is 5.97. The summed E-state index contributed by atoms with van der Waals surface area (Å²) < 4.78 is 0. The number of hydrogen-bond donors (Lipinski definition) is 2. The van der Waals surface area contributed by atoms with E-state index in [1.54, 1.807) is 13.0 Å². The van der Waals surface area contributed by atoms with Gasteiger partial charge in [0.1, 0.15) is 0 Å². The minimum atomic E-state index is -1.63. The maximum Gasteiger partial charge on any atom is 0.201 e. The number of aliphatic hydroxyl groups is 1. The van der Waals surface area contributed by atoms with Crippen LogP contribution in [0.25, 0.3) is 0 Å². The van der Waals surface area contributed by atoms with E-state index in [0.29, 0.717) is 29.7 Å². The standard InChI is InChI=1S/C21H20ClN5.C2H6O/c1-13(2)27-8-7-16-15(10-27)19(14-5-3-4-6-18(14)22)20(26)17(9-23)21(16,11-24)12-25;1-2-3/h3-7,13,15,19H,8,10,26H2,1-2H3;3H,2H2,1H3. The summed E-state index contributed by atoms with van der Waals surface area (Å²) in [6.07, 6.45) is 1.92. The first-order valence-corrected chi connectivity index (χ1v) is 10.2. The highest BCUT2D eigenvalue weighted by molar-refractivity contribution is 6.31. The summed E-state index contributed by atoms with van der Waals surface area (Å²) in [6.45, 7) is 7.41. The van der Waals surface area contributed by atoms with E-state index in [0.717, 1.165) is 5.56 Å². The van der Waals surface area contributed by atoms with Gasteiger partial charge in [-0.05, 0) is 38.0 Å². The van der Waals surface area contributed by atoms with E-state index in [-0.39, 0.29) is 29.7 Å². The third kappa shape index (κ3) is 3.93. The van der Waals surface area contributed by atoms with Crippen molar-refractivity contribution in [2.24, 2.45) is 17.1 Å². The van der Waals surface area contributed by atoms with Gasteiger partial charge >= 0.3 is 0 Å². The molecule has 2 aliphatic rings. The van der Waals surface area contributed by atoms with Crippen molar-refractivity contribution < 1.29 is 5.11 Å². The van der Waals surface area contributed by atoms with Crippen molar-refractivity contribution in [3.8, 4) is 18.2 Å². The zero-order valence-electron chi connectivity index (χ0n) is 17.4. The van der Waals surface area contributed by atoms with Gasteiger partial charge in [-0.2, -0.15) is 15.8 Å². The first-order valence-electron chi connectivity index (χ1n) is 9.85. The normalized spacial score (nSPS) is 22.6. The molecule has 0 spiro atoms. The lowest BCUT2D eigenvalue weighted by Gasteiger charge is -2.46. The Morgan fingerprint density at radius 3 is 2.37 bits per heavy atom. The Labute approximate surface area is 183 Å². The SMILES string of the molecule is CC(C)N1CC=C2C(C1)C(c1ccccc1Cl)C(N)=C(C#N)C2(C#N)C#N.CCO. The van der Waals surface area contributed by atoms with Gasteiger partial charge in [0.05, 0.1) is 23.8 Å². The summed E-state index contributed by atoms with van der Waals surface area (Å²) in [4.78, 5) is 2.27. The first kappa shape index (κ1) is 23.5. The Balaban J connectivity index is 0.00000101. The second-order valence-corrected chi connectivity index (χ2v) is 7.95. The summed E-state index contributed by atoms with van der Waals surface area (Å²) in [5, 5.41) is 37.7. The van der Waals surface area contributed by atoms with Crippen LogP contribution in [0.3, 0.4) is 0 Å². The zero-order chi connectivity index (χ0) is 22.5. The van der Waals surface area contributed by atoms with Crippen molar-refractivity contribution in [1.82, 2.24) is 4.90 Å². The van der Waals surface area contributed by atoms with Gasteiger partial charge in [-0.1, -0.05) is 35.9 Å². The monoisotopic (exact) mass is 423 g/mol. The van der Waals surface area contributed by atoms with Crippen molar-refractivity contribution in [2.75, 3.05) is 19.7 Å². The predicted octanol–water partition coefficient (Wildman–Crippen LogP) is 3.47. The molecule has 2 atom stereocenters. The average Bonchev–Trinajstić information content (AvgIpc) is 2.74. The number of nitriles is 3. The maximum absolute atomic E-state index is 9.89. The number of fused-ring (bicyclic) bond motifs is 1. The second kappa shape index (κ2) is 9.79. The molecule has 0 saturated carbocycles. The van der Waals surface area contributed by atoms with E-state index in [9.17, 15) is 15.8 Å². The lowest BCUT2D eigenvalue weighted by atomic mass is 9.59. The van der Waals surface area contributed by atoms with Crippen LogP contribution in [0.1, 0.15) is 32.3 Å². The van der Waals surface area contributed by atoms with Crippen LogP contribution in [-0.2, 0) is 0 Å². The lowest BCUT2D eigenvalue weighted by Crippen LogP contribution is -2.48. The molecule has 2 unspecified atom stereocenters. The Morgan fingerprint density at radius 1 is 1.27 bits per heavy atom. The summed E-state index contributed by atoms with van der Waals surface area (Å²) >= 11 is 6.46. The fourth-order valence-electron chi connectivity index (χ4n) is 4.19. The van der Waals surface area contributed by atoms with Gasteiger partial charge in [0.15, 0.2) is 0 Å². The van der Waals surface area contributed by atoms with Crippen LogP contribution < -0.4 is 5.73 Å². The molecule has 6 nitrogen and oxygen atoms in total. The van der Waals surface area contributed by atoms with Gasteiger partial charge < -0.3 is 10.8 Å². The first-order chi connectivity index (χ1) is 14.3. The fourth-order valence-corrected chi connectivity index (χ4v) is 4.44. The number of rotatable bonds is 2. The second-order valence-electron chi connectivity index (χ2n) is 7.54. The molecule has 0 aromatic heterocycles. The van der Waals surface area contributed by atoms with Crippen LogP contribution in [0.4, 0.5) is 0 Å². The van der Waals surface area contributed by atoms with Crippen molar-refractivity contribution in [3.63, 3.8) is 0 Å². The molecule has 0 bridgehead atoms. The number of benzene rings is 1. The summed E-state index contributed by atoms with van der Waals surface area (Å²) in [7, 11) is 0. The molecule has 1 aliphatic carbocycles. The predicted molar refractivity (Wildman–Crippen MR) is 116 cm³/mol. The third-order valence-electron chi connectivity index (χ3n) is 5.63. The van der Waals surface area contributed by atoms with E-state index in [1.807, 2.05) is 30.3 Å². The number of nitrogens with zero attached hydrogens (tertiary/aromatic N) is 4. The van der Waals surface area contributed by atoms with E-state index in [4.69, 9.17) is 22.4 Å². The molecule has 3 N–H and O–H groups in total. The Bertz CT molecular complexity index is 963. The minimum absolute atomic E-state index is 0.0258. The molecule has 0 saturated heterocycles. The van der Waals surface area contributed by atoms with E-state index < -0.39 is 5.41 Å². The summed E-state index contributed by atoms with van der Waals surface area (Å²) in [5.41, 5.74) is 6.58. The van der Waals surface area contributed by atoms with Crippen molar-refractivity contribution in [1.29, 1.82) is 15.8 Å². The smallest absolute Gasteiger partial charge is 0.201 e. The number of nitrogens with two attached hydrogens (primary N) is 1. The van der Waals surface area contributed by atoms with Crippen molar-refractivity contribution in [2.45, 2.75) is 32.7 Å². The Kier molecular flexibility index (Phi) is 7.65. The number of allylic oxidation sites excluding steroid dienone is 2. The molecule has 0 fully saturated rings. The molecule has 7 heteroatoms. The van der Waals surface area contributed by atoms with E-state index in [1.165, 1.54) is 0 Å². The van der Waals surface area contributed by atoms with Crippen LogP contribution in [0, 0.1) is 45.3 Å². The van der Waals surface area contributed by atoms with Crippen LogP contribution in [0.15, 0.2) is 47.2 Å². The van der Waals surface area contributed by atoms with Gasteiger partial charge in [-0.15, -0.1) is 0 Å². The highest BCUT2D eigenvalue weighted by Gasteiger charge is 2.53. The quantitative estimate of drug-likeness (QED) is 0.702. The van der Waals surface area contributed by atoms with Crippen LogP contribution >= 0.6 is 11.6 Å². The number of halogens is 1. The molecule has 1 aromatic rings. The van der Waals surface area contributed by atoms with Gasteiger partial charge in [0, 0.05) is 48.3 Å². The maximum atomic E-state index is 9.89. The molecule has 0 amide bonds. The molecule has 1 heterocycles. The number of hydrogen-bond acceptors (Lipinski definition) is 6. The molecule has 1 aromatic carbocycles.